The van der Waals surface area contributed by atoms with Crippen LogP contribution in [0.4, 0.5) is 0 Å². The number of fused-ring (bicyclic) bond motifs is 1. The van der Waals surface area contributed by atoms with E-state index in [4.69, 9.17) is 11.6 Å². The molecule has 1 fully saturated rings. The van der Waals surface area contributed by atoms with Crippen LogP contribution < -0.4 is 5.32 Å². The first-order chi connectivity index (χ1) is 9.52. The quantitative estimate of drug-likeness (QED) is 0.924. The predicted octanol–water partition coefficient (Wildman–Crippen LogP) is 4.05. The number of nitrogens with one attached hydrogen (secondary N) is 1. The molecule has 0 spiro atoms. The number of hydrogen-bond acceptors (Lipinski definition) is 2. The fraction of sp³-hybridized carbons (Fsp3) is 0.562. The fourth-order valence-corrected chi connectivity index (χ4v) is 3.39. The molecule has 2 heterocycles. The molecule has 2 aromatic heterocycles. The van der Waals surface area contributed by atoms with E-state index >= 15 is 0 Å². The third-order valence-corrected chi connectivity index (χ3v) is 4.47. The van der Waals surface area contributed by atoms with E-state index in [1.54, 1.807) is 0 Å². The van der Waals surface area contributed by atoms with E-state index in [0.717, 1.165) is 22.9 Å². The van der Waals surface area contributed by atoms with Gasteiger partial charge in [0.05, 0.1) is 10.7 Å². The Morgan fingerprint density at radius 3 is 3.05 bits per heavy atom. The first-order valence-corrected chi connectivity index (χ1v) is 7.76. The average molecular weight is 292 g/mol. The Morgan fingerprint density at radius 2 is 2.25 bits per heavy atom. The largest absolute Gasteiger partial charge is 0.308 e. The summed E-state index contributed by atoms with van der Waals surface area (Å²) in [4.78, 5) is 4.62. The standard InChI is InChI=1S/C16H22ClN3/c1-16(2)7-3-4-13(8-16)18-9-14-11-20-10-12(17)5-6-15(20)19-14/h5-6,10-11,13,18H,3-4,7-9H2,1-2H3. The zero-order chi connectivity index (χ0) is 14.2. The Bertz CT molecular complexity index is 603. The number of rotatable bonds is 3. The van der Waals surface area contributed by atoms with Crippen molar-refractivity contribution in [3.63, 3.8) is 0 Å². The summed E-state index contributed by atoms with van der Waals surface area (Å²) in [6.07, 6.45) is 9.16. The van der Waals surface area contributed by atoms with Crippen LogP contribution >= 0.6 is 11.6 Å². The van der Waals surface area contributed by atoms with Crippen LogP contribution in [0, 0.1) is 5.41 Å². The maximum atomic E-state index is 5.99. The average Bonchev–Trinajstić information content (AvgIpc) is 2.77. The van der Waals surface area contributed by atoms with E-state index < -0.39 is 0 Å². The molecule has 1 unspecified atom stereocenters. The molecular weight excluding hydrogens is 270 g/mol. The molecule has 0 amide bonds. The van der Waals surface area contributed by atoms with Crippen molar-refractivity contribution >= 4 is 17.2 Å². The summed E-state index contributed by atoms with van der Waals surface area (Å²) < 4.78 is 1.99. The Labute approximate surface area is 125 Å². The van der Waals surface area contributed by atoms with Crippen LogP contribution in [0.15, 0.2) is 24.5 Å². The molecule has 1 atom stereocenters. The van der Waals surface area contributed by atoms with Gasteiger partial charge in [-0.3, -0.25) is 0 Å². The topological polar surface area (TPSA) is 29.3 Å². The molecule has 4 heteroatoms. The molecule has 108 valence electrons. The number of nitrogens with zero attached hydrogens (tertiary/aromatic N) is 2. The van der Waals surface area contributed by atoms with Crippen LogP contribution in [0.25, 0.3) is 5.65 Å². The molecule has 1 aliphatic rings. The Kier molecular flexibility index (Phi) is 3.74. The van der Waals surface area contributed by atoms with Gasteiger partial charge in [0, 0.05) is 25.0 Å². The molecule has 0 aromatic carbocycles. The number of pyridine rings is 1. The highest BCUT2D eigenvalue weighted by atomic mass is 35.5. The minimum atomic E-state index is 0.475. The van der Waals surface area contributed by atoms with Crippen LogP contribution in [0.2, 0.25) is 5.02 Å². The van der Waals surface area contributed by atoms with Gasteiger partial charge in [0.15, 0.2) is 0 Å². The summed E-state index contributed by atoms with van der Waals surface area (Å²) in [5.74, 6) is 0. The molecule has 2 aromatic rings. The third-order valence-electron chi connectivity index (χ3n) is 4.24. The fourth-order valence-electron chi connectivity index (χ4n) is 3.22. The van der Waals surface area contributed by atoms with Crippen LogP contribution in [0.1, 0.15) is 45.2 Å². The van der Waals surface area contributed by atoms with Crippen molar-refractivity contribution in [1.29, 1.82) is 0 Å². The van der Waals surface area contributed by atoms with Crippen molar-refractivity contribution in [2.75, 3.05) is 0 Å². The van der Waals surface area contributed by atoms with Gasteiger partial charge in [-0.1, -0.05) is 31.9 Å². The lowest BCUT2D eigenvalue weighted by Gasteiger charge is -2.35. The summed E-state index contributed by atoms with van der Waals surface area (Å²) in [6, 6.07) is 4.45. The first kappa shape index (κ1) is 13.9. The second-order valence-electron chi connectivity index (χ2n) is 6.68. The molecule has 20 heavy (non-hydrogen) atoms. The van der Waals surface area contributed by atoms with E-state index in [0.29, 0.717) is 11.5 Å². The van der Waals surface area contributed by atoms with Gasteiger partial charge in [0.2, 0.25) is 0 Å². The molecule has 3 rings (SSSR count). The first-order valence-electron chi connectivity index (χ1n) is 7.38. The molecule has 0 radical (unpaired) electrons. The van der Waals surface area contributed by atoms with Crippen molar-refractivity contribution < 1.29 is 0 Å². The van der Waals surface area contributed by atoms with Crippen LogP contribution in [0.3, 0.4) is 0 Å². The second-order valence-corrected chi connectivity index (χ2v) is 7.12. The van der Waals surface area contributed by atoms with Crippen molar-refractivity contribution in [3.8, 4) is 0 Å². The van der Waals surface area contributed by atoms with Gasteiger partial charge in [0.1, 0.15) is 5.65 Å². The Balaban J connectivity index is 1.65. The Morgan fingerprint density at radius 1 is 1.40 bits per heavy atom. The lowest BCUT2D eigenvalue weighted by atomic mass is 9.75. The Hall–Kier alpha value is -1.06. The van der Waals surface area contributed by atoms with Gasteiger partial charge in [-0.05, 0) is 36.8 Å². The zero-order valence-corrected chi connectivity index (χ0v) is 13.0. The van der Waals surface area contributed by atoms with Crippen LogP contribution in [-0.4, -0.2) is 15.4 Å². The highest BCUT2D eigenvalue weighted by Gasteiger charge is 2.27. The summed E-state index contributed by atoms with van der Waals surface area (Å²) >= 11 is 5.99. The molecule has 1 N–H and O–H groups in total. The predicted molar refractivity (Wildman–Crippen MR) is 83.1 cm³/mol. The third kappa shape index (κ3) is 3.15. The maximum absolute atomic E-state index is 5.99. The van der Waals surface area contributed by atoms with E-state index in [-0.39, 0.29) is 0 Å². The van der Waals surface area contributed by atoms with E-state index in [2.05, 4.69) is 30.3 Å². The molecule has 0 bridgehead atoms. The minimum Gasteiger partial charge on any atom is -0.308 e. The van der Waals surface area contributed by atoms with Crippen molar-refractivity contribution in [1.82, 2.24) is 14.7 Å². The minimum absolute atomic E-state index is 0.475. The normalized spacial score (nSPS) is 22.2. The molecule has 1 saturated carbocycles. The smallest absolute Gasteiger partial charge is 0.137 e. The van der Waals surface area contributed by atoms with Gasteiger partial charge < -0.3 is 9.72 Å². The van der Waals surface area contributed by atoms with Gasteiger partial charge in [-0.15, -0.1) is 0 Å². The van der Waals surface area contributed by atoms with Crippen LogP contribution in [-0.2, 0) is 6.54 Å². The molecular formula is C16H22ClN3. The molecule has 3 nitrogen and oxygen atoms in total. The zero-order valence-electron chi connectivity index (χ0n) is 12.2. The van der Waals surface area contributed by atoms with E-state index in [1.807, 2.05) is 22.7 Å². The SMILES string of the molecule is CC1(C)CCCC(NCc2cn3cc(Cl)ccc3n2)C1. The van der Waals surface area contributed by atoms with Gasteiger partial charge in [0.25, 0.3) is 0 Å². The van der Waals surface area contributed by atoms with Gasteiger partial charge in [-0.2, -0.15) is 0 Å². The van der Waals surface area contributed by atoms with E-state index in [1.165, 1.54) is 25.7 Å². The summed E-state index contributed by atoms with van der Waals surface area (Å²) in [7, 11) is 0. The van der Waals surface area contributed by atoms with Crippen LogP contribution in [0.5, 0.6) is 0 Å². The number of hydrogen-bond donors (Lipinski definition) is 1. The van der Waals surface area contributed by atoms with E-state index in [9.17, 15) is 0 Å². The van der Waals surface area contributed by atoms with Crippen molar-refractivity contribution in [3.05, 3.63) is 35.2 Å². The molecule has 1 aliphatic carbocycles. The van der Waals surface area contributed by atoms with Gasteiger partial charge in [-0.25, -0.2) is 4.98 Å². The van der Waals surface area contributed by atoms with Gasteiger partial charge >= 0.3 is 0 Å². The molecule has 0 saturated heterocycles. The lowest BCUT2D eigenvalue weighted by molar-refractivity contribution is 0.197. The highest BCUT2D eigenvalue weighted by molar-refractivity contribution is 6.30. The van der Waals surface area contributed by atoms with Crippen molar-refractivity contribution in [2.24, 2.45) is 5.41 Å². The lowest BCUT2D eigenvalue weighted by Crippen LogP contribution is -2.36. The molecule has 0 aliphatic heterocycles. The summed E-state index contributed by atoms with van der Waals surface area (Å²) in [6.45, 7) is 5.57. The highest BCUT2D eigenvalue weighted by Crippen LogP contribution is 2.35. The number of halogens is 1. The monoisotopic (exact) mass is 291 g/mol. The number of imidazole rings is 1. The maximum Gasteiger partial charge on any atom is 0.137 e. The van der Waals surface area contributed by atoms with Crippen molar-refractivity contribution in [2.45, 2.75) is 52.1 Å². The summed E-state index contributed by atoms with van der Waals surface area (Å²) in [5.41, 5.74) is 2.51. The second kappa shape index (κ2) is 5.38. The number of aromatic nitrogens is 2. The summed E-state index contributed by atoms with van der Waals surface area (Å²) in [5, 5.41) is 4.40.